The van der Waals surface area contributed by atoms with Crippen molar-refractivity contribution in [3.63, 3.8) is 0 Å². The fraction of sp³-hybridized carbons (Fsp3) is 0.529. The van der Waals surface area contributed by atoms with Crippen LogP contribution in [0.1, 0.15) is 12.0 Å². The van der Waals surface area contributed by atoms with Crippen molar-refractivity contribution in [2.24, 2.45) is 0 Å². The molecule has 0 amide bonds. The van der Waals surface area contributed by atoms with Crippen molar-refractivity contribution >= 4 is 16.1 Å². The quantitative estimate of drug-likeness (QED) is 0.757. The molecule has 1 aromatic rings. The van der Waals surface area contributed by atoms with E-state index in [9.17, 15) is 8.42 Å². The first kappa shape index (κ1) is 18.1. The van der Waals surface area contributed by atoms with E-state index in [1.165, 1.54) is 9.71 Å². The lowest BCUT2D eigenvalue weighted by Gasteiger charge is -2.32. The second-order valence-electron chi connectivity index (χ2n) is 6.08. The highest BCUT2D eigenvalue weighted by Crippen LogP contribution is 2.08. The molecule has 1 saturated heterocycles. The molecule has 1 aliphatic heterocycles. The van der Waals surface area contributed by atoms with Crippen LogP contribution in [0.25, 0.3) is 6.08 Å². The van der Waals surface area contributed by atoms with Crippen LogP contribution in [-0.4, -0.2) is 75.9 Å². The van der Waals surface area contributed by atoms with E-state index in [0.717, 1.165) is 44.7 Å². The Kier molecular flexibility index (Phi) is 6.77. The van der Waals surface area contributed by atoms with Crippen molar-refractivity contribution in [2.45, 2.75) is 6.42 Å². The summed E-state index contributed by atoms with van der Waals surface area (Å²) in [4.78, 5) is 4.72. The second kappa shape index (κ2) is 8.59. The van der Waals surface area contributed by atoms with E-state index in [2.05, 4.69) is 16.8 Å². The fourth-order valence-corrected chi connectivity index (χ4v) is 3.47. The van der Waals surface area contributed by atoms with Gasteiger partial charge in [-0.3, -0.25) is 0 Å². The molecule has 23 heavy (non-hydrogen) atoms. The Labute approximate surface area is 140 Å². The molecule has 6 heteroatoms. The van der Waals surface area contributed by atoms with Gasteiger partial charge in [0.25, 0.3) is 0 Å². The molecular weight excluding hydrogens is 310 g/mol. The SMILES string of the molecule is CN1CCN(CCCN(C)S(=O)(=O)C=Cc2ccccc2)CC1. The van der Waals surface area contributed by atoms with E-state index < -0.39 is 10.0 Å². The molecule has 128 valence electrons. The highest BCUT2D eigenvalue weighted by molar-refractivity contribution is 7.92. The van der Waals surface area contributed by atoms with Crippen LogP contribution in [0, 0.1) is 0 Å². The molecule has 0 unspecified atom stereocenters. The third-order valence-corrected chi connectivity index (χ3v) is 5.74. The molecule has 0 aromatic heterocycles. The van der Waals surface area contributed by atoms with Crippen molar-refractivity contribution in [3.05, 3.63) is 41.3 Å². The third-order valence-electron chi connectivity index (χ3n) is 4.21. The average Bonchev–Trinajstić information content (AvgIpc) is 2.56. The molecule has 2 rings (SSSR count). The van der Waals surface area contributed by atoms with E-state index >= 15 is 0 Å². The Morgan fingerprint density at radius 2 is 1.78 bits per heavy atom. The maximum Gasteiger partial charge on any atom is 0.235 e. The van der Waals surface area contributed by atoms with Crippen LogP contribution in [0.5, 0.6) is 0 Å². The number of hydrogen-bond donors (Lipinski definition) is 0. The molecule has 0 radical (unpaired) electrons. The van der Waals surface area contributed by atoms with Gasteiger partial charge in [0.05, 0.1) is 0 Å². The zero-order chi connectivity index (χ0) is 16.7. The monoisotopic (exact) mass is 337 g/mol. The molecule has 0 spiro atoms. The van der Waals surface area contributed by atoms with Crippen molar-refractivity contribution in [3.8, 4) is 0 Å². The Bertz CT molecular complexity index is 594. The highest BCUT2D eigenvalue weighted by Gasteiger charge is 2.16. The molecule has 1 fully saturated rings. The van der Waals surface area contributed by atoms with Crippen LogP contribution < -0.4 is 0 Å². The van der Waals surface area contributed by atoms with Gasteiger partial charge in [-0.25, -0.2) is 12.7 Å². The normalized spacial score (nSPS) is 18.0. The Morgan fingerprint density at radius 1 is 1.13 bits per heavy atom. The first-order valence-corrected chi connectivity index (χ1v) is 9.58. The predicted octanol–water partition coefficient (Wildman–Crippen LogP) is 1.56. The molecule has 1 heterocycles. The number of likely N-dealkylation sites (N-methyl/N-ethyl adjacent to an activating group) is 1. The minimum absolute atomic E-state index is 0.549. The number of benzene rings is 1. The Balaban J connectivity index is 1.77. The van der Waals surface area contributed by atoms with Gasteiger partial charge in [0.15, 0.2) is 0 Å². The zero-order valence-electron chi connectivity index (χ0n) is 14.1. The molecule has 0 N–H and O–H groups in total. The summed E-state index contributed by atoms with van der Waals surface area (Å²) in [5.74, 6) is 0. The summed E-state index contributed by atoms with van der Waals surface area (Å²) in [6, 6.07) is 9.48. The standard InChI is InChI=1S/C17H27N3O2S/c1-18-12-14-20(15-13-18)11-6-10-19(2)23(21,22)16-9-17-7-4-3-5-8-17/h3-5,7-9,16H,6,10-15H2,1-2H3. The van der Waals surface area contributed by atoms with Gasteiger partial charge >= 0.3 is 0 Å². The van der Waals surface area contributed by atoms with Crippen LogP contribution in [0.2, 0.25) is 0 Å². The van der Waals surface area contributed by atoms with Gasteiger partial charge in [0.2, 0.25) is 10.0 Å². The van der Waals surface area contributed by atoms with E-state index in [-0.39, 0.29) is 0 Å². The molecule has 5 nitrogen and oxygen atoms in total. The molecule has 0 bridgehead atoms. The van der Waals surface area contributed by atoms with Gasteiger partial charge < -0.3 is 9.80 Å². The summed E-state index contributed by atoms with van der Waals surface area (Å²) >= 11 is 0. The summed E-state index contributed by atoms with van der Waals surface area (Å²) in [6.07, 6.45) is 2.50. The van der Waals surface area contributed by atoms with Gasteiger partial charge in [-0.15, -0.1) is 0 Å². The van der Waals surface area contributed by atoms with Gasteiger partial charge in [0, 0.05) is 45.2 Å². The predicted molar refractivity (Wildman–Crippen MR) is 95.6 cm³/mol. The lowest BCUT2D eigenvalue weighted by molar-refractivity contribution is 0.151. The number of sulfonamides is 1. The molecular formula is C17H27N3O2S. The molecule has 0 atom stereocenters. The minimum Gasteiger partial charge on any atom is -0.304 e. The number of hydrogen-bond acceptors (Lipinski definition) is 4. The first-order chi connectivity index (χ1) is 11.0. The van der Waals surface area contributed by atoms with Crippen molar-refractivity contribution < 1.29 is 8.42 Å². The van der Waals surface area contributed by atoms with E-state index in [0.29, 0.717) is 6.54 Å². The van der Waals surface area contributed by atoms with Crippen LogP contribution in [0.4, 0.5) is 0 Å². The summed E-state index contributed by atoms with van der Waals surface area (Å²) in [7, 11) is 0.439. The summed E-state index contributed by atoms with van der Waals surface area (Å²) in [5, 5.41) is 1.29. The first-order valence-electron chi connectivity index (χ1n) is 8.08. The smallest absolute Gasteiger partial charge is 0.235 e. The molecule has 1 aromatic carbocycles. The Hall–Kier alpha value is -1.21. The highest BCUT2D eigenvalue weighted by atomic mass is 32.2. The van der Waals surface area contributed by atoms with Gasteiger partial charge in [0.1, 0.15) is 0 Å². The number of nitrogens with zero attached hydrogens (tertiary/aromatic N) is 3. The van der Waals surface area contributed by atoms with Crippen molar-refractivity contribution in [1.29, 1.82) is 0 Å². The maximum absolute atomic E-state index is 12.2. The summed E-state index contributed by atoms with van der Waals surface area (Å²) < 4.78 is 25.9. The van der Waals surface area contributed by atoms with E-state index in [1.807, 2.05) is 30.3 Å². The molecule has 1 aliphatic rings. The lowest BCUT2D eigenvalue weighted by atomic mass is 10.2. The average molecular weight is 337 g/mol. The molecule has 0 saturated carbocycles. The maximum atomic E-state index is 12.2. The summed E-state index contributed by atoms with van der Waals surface area (Å²) in [6.45, 7) is 5.83. The minimum atomic E-state index is -3.34. The number of rotatable bonds is 7. The van der Waals surface area contributed by atoms with Gasteiger partial charge in [-0.05, 0) is 31.7 Å². The van der Waals surface area contributed by atoms with Crippen LogP contribution in [-0.2, 0) is 10.0 Å². The van der Waals surface area contributed by atoms with Crippen LogP contribution >= 0.6 is 0 Å². The summed E-state index contributed by atoms with van der Waals surface area (Å²) in [5.41, 5.74) is 0.891. The van der Waals surface area contributed by atoms with Gasteiger partial charge in [-0.2, -0.15) is 0 Å². The largest absolute Gasteiger partial charge is 0.304 e. The van der Waals surface area contributed by atoms with Crippen molar-refractivity contribution in [2.75, 3.05) is 53.4 Å². The van der Waals surface area contributed by atoms with E-state index in [1.54, 1.807) is 13.1 Å². The zero-order valence-corrected chi connectivity index (χ0v) is 14.9. The fourth-order valence-electron chi connectivity index (χ4n) is 2.55. The molecule has 0 aliphatic carbocycles. The van der Waals surface area contributed by atoms with Gasteiger partial charge in [-0.1, -0.05) is 30.3 Å². The van der Waals surface area contributed by atoms with Crippen molar-refractivity contribution in [1.82, 2.24) is 14.1 Å². The topological polar surface area (TPSA) is 43.9 Å². The second-order valence-corrected chi connectivity index (χ2v) is 8.00. The van der Waals surface area contributed by atoms with Crippen LogP contribution in [0.15, 0.2) is 35.7 Å². The Morgan fingerprint density at radius 3 is 2.43 bits per heavy atom. The number of piperazine rings is 1. The lowest BCUT2D eigenvalue weighted by Crippen LogP contribution is -2.45. The third kappa shape index (κ3) is 6.06. The van der Waals surface area contributed by atoms with Crippen LogP contribution in [0.3, 0.4) is 0 Å². The van der Waals surface area contributed by atoms with E-state index in [4.69, 9.17) is 0 Å².